The molecular formula is C16H20NO5+. The summed E-state index contributed by atoms with van der Waals surface area (Å²) >= 11 is 0. The minimum atomic E-state index is -0.510. The number of hydrogen-bond donors (Lipinski definition) is 2. The fraction of sp³-hybridized carbons (Fsp3) is 0.375. The third-order valence-electron chi connectivity index (χ3n) is 3.38. The van der Waals surface area contributed by atoms with Crippen molar-refractivity contribution in [2.75, 3.05) is 19.9 Å². The largest absolute Gasteiger partial charge is 0.463 e. The zero-order chi connectivity index (χ0) is 15.2. The monoisotopic (exact) mass is 306 g/mol. The third kappa shape index (κ3) is 4.00. The van der Waals surface area contributed by atoms with Gasteiger partial charge in [0.15, 0.2) is 17.3 Å². The van der Waals surface area contributed by atoms with Crippen LogP contribution in [0.25, 0.3) is 0 Å². The Morgan fingerprint density at radius 3 is 3.00 bits per heavy atom. The summed E-state index contributed by atoms with van der Waals surface area (Å²) in [5, 5.41) is 11.9. The molecule has 0 saturated carbocycles. The fourth-order valence-corrected chi connectivity index (χ4v) is 2.26. The molecule has 6 nitrogen and oxygen atoms in total. The SMILES string of the molecule is O[C@@H](C[NH2+]Cc1ccco1)COCc1ccc2c(c1)OCO2. The molecule has 0 bridgehead atoms. The summed E-state index contributed by atoms with van der Waals surface area (Å²) in [6.07, 6.45) is 1.14. The van der Waals surface area contributed by atoms with Crippen LogP contribution in [0.1, 0.15) is 11.3 Å². The highest BCUT2D eigenvalue weighted by Gasteiger charge is 2.13. The Morgan fingerprint density at radius 1 is 1.23 bits per heavy atom. The summed E-state index contributed by atoms with van der Waals surface area (Å²) in [6, 6.07) is 9.47. The van der Waals surface area contributed by atoms with Crippen LogP contribution in [0.3, 0.4) is 0 Å². The first-order valence-corrected chi connectivity index (χ1v) is 7.29. The summed E-state index contributed by atoms with van der Waals surface area (Å²) in [5.74, 6) is 2.40. The van der Waals surface area contributed by atoms with Crippen LogP contribution < -0.4 is 14.8 Å². The van der Waals surface area contributed by atoms with E-state index in [4.69, 9.17) is 18.6 Å². The van der Waals surface area contributed by atoms with Gasteiger partial charge in [0.25, 0.3) is 0 Å². The van der Waals surface area contributed by atoms with Gasteiger partial charge in [0.1, 0.15) is 19.2 Å². The maximum atomic E-state index is 9.88. The Morgan fingerprint density at radius 2 is 2.14 bits per heavy atom. The number of aliphatic hydroxyl groups excluding tert-OH is 1. The normalized spacial score (nSPS) is 14.2. The van der Waals surface area contributed by atoms with E-state index in [2.05, 4.69) is 0 Å². The van der Waals surface area contributed by atoms with Gasteiger partial charge in [-0.25, -0.2) is 0 Å². The fourth-order valence-electron chi connectivity index (χ4n) is 2.26. The second kappa shape index (κ2) is 7.31. The van der Waals surface area contributed by atoms with Crippen molar-refractivity contribution in [3.05, 3.63) is 47.9 Å². The predicted octanol–water partition coefficient (Wildman–Crippen LogP) is 0.649. The molecule has 6 heteroatoms. The van der Waals surface area contributed by atoms with Gasteiger partial charge in [-0.1, -0.05) is 6.07 Å². The summed E-state index contributed by atoms with van der Waals surface area (Å²) in [7, 11) is 0. The molecule has 1 aliphatic rings. The first-order chi connectivity index (χ1) is 10.8. The maximum absolute atomic E-state index is 9.88. The Labute approximate surface area is 128 Å². The van der Waals surface area contributed by atoms with Crippen molar-refractivity contribution in [1.29, 1.82) is 0 Å². The average Bonchev–Trinajstić information content (AvgIpc) is 3.17. The van der Waals surface area contributed by atoms with E-state index < -0.39 is 6.10 Å². The van der Waals surface area contributed by atoms with E-state index >= 15 is 0 Å². The molecule has 3 N–H and O–H groups in total. The van der Waals surface area contributed by atoms with Gasteiger partial charge in [-0.05, 0) is 29.8 Å². The van der Waals surface area contributed by atoms with Crippen LogP contribution in [0.2, 0.25) is 0 Å². The van der Waals surface area contributed by atoms with E-state index in [1.807, 2.05) is 35.6 Å². The number of fused-ring (bicyclic) bond motifs is 1. The van der Waals surface area contributed by atoms with Gasteiger partial charge in [0.2, 0.25) is 6.79 Å². The first-order valence-electron chi connectivity index (χ1n) is 7.29. The minimum absolute atomic E-state index is 0.268. The predicted molar refractivity (Wildman–Crippen MR) is 77.4 cm³/mol. The Kier molecular flexibility index (Phi) is 4.95. The Bertz CT molecular complexity index is 584. The molecule has 0 spiro atoms. The number of quaternary nitrogens is 1. The van der Waals surface area contributed by atoms with Gasteiger partial charge in [0, 0.05) is 0 Å². The lowest BCUT2D eigenvalue weighted by molar-refractivity contribution is -0.678. The molecule has 1 aromatic heterocycles. The number of nitrogens with two attached hydrogens (primary N) is 1. The topological polar surface area (TPSA) is 77.7 Å². The van der Waals surface area contributed by atoms with Gasteiger partial charge in [-0.3, -0.25) is 0 Å². The number of rotatable bonds is 8. The molecule has 0 amide bonds. The van der Waals surface area contributed by atoms with Gasteiger partial charge < -0.3 is 29.1 Å². The summed E-state index contributed by atoms with van der Waals surface area (Å²) in [5.41, 5.74) is 0.996. The highest BCUT2D eigenvalue weighted by atomic mass is 16.7. The molecule has 0 radical (unpaired) electrons. The number of ether oxygens (including phenoxy) is 3. The molecule has 2 heterocycles. The van der Waals surface area contributed by atoms with E-state index in [-0.39, 0.29) is 6.79 Å². The summed E-state index contributed by atoms with van der Waals surface area (Å²) in [4.78, 5) is 0. The van der Waals surface area contributed by atoms with Crippen molar-refractivity contribution in [2.45, 2.75) is 19.3 Å². The molecule has 1 atom stereocenters. The van der Waals surface area contributed by atoms with Crippen molar-refractivity contribution < 1.29 is 29.1 Å². The van der Waals surface area contributed by atoms with Crippen molar-refractivity contribution in [2.24, 2.45) is 0 Å². The van der Waals surface area contributed by atoms with Crippen molar-refractivity contribution in [1.82, 2.24) is 0 Å². The van der Waals surface area contributed by atoms with Crippen LogP contribution in [0.4, 0.5) is 0 Å². The lowest BCUT2D eigenvalue weighted by Crippen LogP contribution is -2.85. The van der Waals surface area contributed by atoms with Crippen LogP contribution in [0.5, 0.6) is 11.5 Å². The number of aliphatic hydroxyl groups is 1. The second-order valence-corrected chi connectivity index (χ2v) is 5.16. The molecule has 0 unspecified atom stereocenters. The lowest BCUT2D eigenvalue weighted by atomic mass is 10.2. The van der Waals surface area contributed by atoms with E-state index in [0.29, 0.717) is 26.3 Å². The molecule has 0 saturated heterocycles. The van der Waals surface area contributed by atoms with Crippen LogP contribution in [-0.2, 0) is 17.9 Å². The lowest BCUT2D eigenvalue weighted by Gasteiger charge is -2.10. The molecule has 0 fully saturated rings. The zero-order valence-electron chi connectivity index (χ0n) is 12.2. The molecule has 1 aromatic carbocycles. The quantitative estimate of drug-likeness (QED) is 0.749. The standard InChI is InChI=1S/C16H19NO5/c18-13(7-17-8-14-2-1-5-20-14)10-19-9-12-3-4-15-16(6-12)22-11-21-15/h1-6,13,17-18H,7-11H2/p+1/t13-/m0/s1. The van der Waals surface area contributed by atoms with Gasteiger partial charge in [0.05, 0.1) is 19.5 Å². The van der Waals surface area contributed by atoms with E-state index in [1.54, 1.807) is 6.26 Å². The molecule has 118 valence electrons. The third-order valence-corrected chi connectivity index (χ3v) is 3.38. The summed E-state index contributed by atoms with van der Waals surface area (Å²) < 4.78 is 21.3. The van der Waals surface area contributed by atoms with Crippen LogP contribution in [-0.4, -0.2) is 31.2 Å². The molecule has 3 rings (SSSR count). The van der Waals surface area contributed by atoms with Crippen molar-refractivity contribution in [3.63, 3.8) is 0 Å². The van der Waals surface area contributed by atoms with Crippen molar-refractivity contribution >= 4 is 0 Å². The molecular weight excluding hydrogens is 286 g/mol. The Hall–Kier alpha value is -2.02. The van der Waals surface area contributed by atoms with Crippen LogP contribution in [0.15, 0.2) is 41.0 Å². The smallest absolute Gasteiger partial charge is 0.231 e. The minimum Gasteiger partial charge on any atom is -0.463 e. The molecule has 2 aromatic rings. The zero-order valence-corrected chi connectivity index (χ0v) is 12.2. The average molecular weight is 306 g/mol. The highest BCUT2D eigenvalue weighted by Crippen LogP contribution is 2.32. The van der Waals surface area contributed by atoms with Crippen LogP contribution in [0, 0.1) is 0 Å². The second-order valence-electron chi connectivity index (χ2n) is 5.16. The van der Waals surface area contributed by atoms with Gasteiger partial charge >= 0.3 is 0 Å². The van der Waals surface area contributed by atoms with E-state index in [1.165, 1.54) is 0 Å². The van der Waals surface area contributed by atoms with Crippen LogP contribution >= 0.6 is 0 Å². The maximum Gasteiger partial charge on any atom is 0.231 e. The number of furan rings is 1. The summed E-state index contributed by atoms with van der Waals surface area (Å²) in [6.45, 7) is 2.28. The molecule has 0 aliphatic carbocycles. The number of hydrogen-bond acceptors (Lipinski definition) is 5. The van der Waals surface area contributed by atoms with Gasteiger partial charge in [-0.15, -0.1) is 0 Å². The van der Waals surface area contributed by atoms with Gasteiger partial charge in [-0.2, -0.15) is 0 Å². The van der Waals surface area contributed by atoms with E-state index in [0.717, 1.165) is 22.8 Å². The first kappa shape index (κ1) is 14.9. The Balaban J connectivity index is 1.34. The van der Waals surface area contributed by atoms with E-state index in [9.17, 15) is 5.11 Å². The molecule has 22 heavy (non-hydrogen) atoms. The highest BCUT2D eigenvalue weighted by molar-refractivity contribution is 5.44. The van der Waals surface area contributed by atoms with Crippen molar-refractivity contribution in [3.8, 4) is 11.5 Å². The number of benzene rings is 1. The molecule has 1 aliphatic heterocycles.